The van der Waals surface area contributed by atoms with Gasteiger partial charge in [0.15, 0.2) is 0 Å². The Morgan fingerprint density at radius 1 is 1.25 bits per heavy atom. The van der Waals surface area contributed by atoms with Crippen LogP contribution in [0.5, 0.6) is 0 Å². The van der Waals surface area contributed by atoms with Crippen molar-refractivity contribution in [3.05, 3.63) is 0 Å². The van der Waals surface area contributed by atoms with Gasteiger partial charge >= 0.3 is 0 Å². The van der Waals surface area contributed by atoms with Crippen molar-refractivity contribution >= 4 is 0 Å². The second-order valence-corrected chi connectivity index (χ2v) is 5.80. The van der Waals surface area contributed by atoms with Crippen LogP contribution >= 0.6 is 0 Å². The Balaban J connectivity index is 1.82. The number of piperidine rings is 2. The summed E-state index contributed by atoms with van der Waals surface area (Å²) in [5.41, 5.74) is 0. The van der Waals surface area contributed by atoms with Crippen LogP contribution in [-0.2, 0) is 0 Å². The summed E-state index contributed by atoms with van der Waals surface area (Å²) in [6, 6.07) is 1.63. The molecule has 0 bridgehead atoms. The van der Waals surface area contributed by atoms with E-state index in [2.05, 4.69) is 24.1 Å². The van der Waals surface area contributed by atoms with Gasteiger partial charge in [0.1, 0.15) is 0 Å². The molecule has 0 spiro atoms. The fourth-order valence-corrected chi connectivity index (χ4v) is 3.50. The van der Waals surface area contributed by atoms with Gasteiger partial charge in [0.05, 0.1) is 0 Å². The Morgan fingerprint density at radius 2 is 2.12 bits per heavy atom. The Kier molecular flexibility index (Phi) is 4.66. The largest absolute Gasteiger partial charge is 0.314 e. The van der Waals surface area contributed by atoms with Gasteiger partial charge in [0.2, 0.25) is 0 Å². The third kappa shape index (κ3) is 3.21. The first kappa shape index (κ1) is 12.4. The van der Waals surface area contributed by atoms with Crippen LogP contribution in [0.3, 0.4) is 0 Å². The summed E-state index contributed by atoms with van der Waals surface area (Å²) in [6.07, 6.45) is 8.44. The predicted molar refractivity (Wildman–Crippen MR) is 69.7 cm³/mol. The smallest absolute Gasteiger partial charge is 0.00927 e. The summed E-state index contributed by atoms with van der Waals surface area (Å²) in [4.78, 5) is 2.78. The van der Waals surface area contributed by atoms with E-state index in [1.807, 2.05) is 0 Å². The number of hydrogen-bond acceptors (Lipinski definition) is 2. The molecule has 0 aliphatic carbocycles. The number of nitrogens with zero attached hydrogens (tertiary/aromatic N) is 1. The first-order valence-corrected chi connectivity index (χ1v) is 7.27. The molecule has 1 N–H and O–H groups in total. The van der Waals surface area contributed by atoms with Crippen LogP contribution in [0.15, 0.2) is 0 Å². The highest BCUT2D eigenvalue weighted by atomic mass is 15.2. The summed E-state index contributed by atoms with van der Waals surface area (Å²) in [6.45, 7) is 8.64. The van der Waals surface area contributed by atoms with Gasteiger partial charge in [0.25, 0.3) is 0 Å². The Hall–Kier alpha value is -0.0800. The van der Waals surface area contributed by atoms with E-state index in [0.717, 1.165) is 18.0 Å². The van der Waals surface area contributed by atoms with Gasteiger partial charge < -0.3 is 10.2 Å². The maximum absolute atomic E-state index is 3.56. The molecule has 2 nitrogen and oxygen atoms in total. The molecule has 94 valence electrons. The van der Waals surface area contributed by atoms with Crippen molar-refractivity contribution in [2.45, 2.75) is 64.5 Å². The molecule has 2 heteroatoms. The summed E-state index contributed by atoms with van der Waals surface area (Å²) in [7, 11) is 0. The summed E-state index contributed by atoms with van der Waals surface area (Å²) < 4.78 is 0. The third-order valence-electron chi connectivity index (χ3n) is 4.45. The quantitative estimate of drug-likeness (QED) is 0.793. The lowest BCUT2D eigenvalue weighted by molar-refractivity contribution is 0.107. The molecule has 2 saturated heterocycles. The van der Waals surface area contributed by atoms with Crippen molar-refractivity contribution in [1.82, 2.24) is 10.2 Å². The topological polar surface area (TPSA) is 15.3 Å². The summed E-state index contributed by atoms with van der Waals surface area (Å²) >= 11 is 0. The van der Waals surface area contributed by atoms with Crippen LogP contribution in [0.4, 0.5) is 0 Å². The average molecular weight is 224 g/mol. The van der Waals surface area contributed by atoms with Gasteiger partial charge in [-0.25, -0.2) is 0 Å². The monoisotopic (exact) mass is 224 g/mol. The van der Waals surface area contributed by atoms with E-state index < -0.39 is 0 Å². The van der Waals surface area contributed by atoms with E-state index in [1.165, 1.54) is 58.2 Å². The minimum Gasteiger partial charge on any atom is -0.314 e. The molecular weight excluding hydrogens is 196 g/mol. The Labute approximate surface area is 101 Å². The van der Waals surface area contributed by atoms with E-state index in [1.54, 1.807) is 0 Å². The van der Waals surface area contributed by atoms with Crippen molar-refractivity contribution in [2.75, 3.05) is 19.6 Å². The Bertz CT molecular complexity index is 205. The molecule has 3 unspecified atom stereocenters. The van der Waals surface area contributed by atoms with Crippen molar-refractivity contribution < 1.29 is 0 Å². The highest BCUT2D eigenvalue weighted by Crippen LogP contribution is 2.24. The standard InChI is InChI=1S/C14H28N2/c1-3-14-6-4-5-9-16(14)11-13-7-8-15-12(2)10-13/h12-15H,3-11H2,1-2H3. The van der Waals surface area contributed by atoms with Crippen LogP contribution in [0.1, 0.15) is 52.4 Å². The lowest BCUT2D eigenvalue weighted by Gasteiger charge is -2.39. The lowest BCUT2D eigenvalue weighted by Crippen LogP contribution is -2.45. The zero-order valence-electron chi connectivity index (χ0n) is 11.0. The first-order chi connectivity index (χ1) is 7.79. The van der Waals surface area contributed by atoms with Crippen molar-refractivity contribution in [2.24, 2.45) is 5.92 Å². The molecule has 0 aromatic rings. The zero-order chi connectivity index (χ0) is 11.4. The number of hydrogen-bond donors (Lipinski definition) is 1. The molecular formula is C14H28N2. The maximum atomic E-state index is 3.56. The van der Waals surface area contributed by atoms with Crippen molar-refractivity contribution in [1.29, 1.82) is 0 Å². The highest BCUT2D eigenvalue weighted by Gasteiger charge is 2.25. The van der Waals surface area contributed by atoms with E-state index in [9.17, 15) is 0 Å². The molecule has 16 heavy (non-hydrogen) atoms. The number of rotatable bonds is 3. The fourth-order valence-electron chi connectivity index (χ4n) is 3.50. The van der Waals surface area contributed by atoms with Gasteiger partial charge in [-0.1, -0.05) is 13.3 Å². The number of nitrogens with one attached hydrogen (secondary N) is 1. The molecule has 0 saturated carbocycles. The van der Waals surface area contributed by atoms with Gasteiger partial charge in [-0.15, -0.1) is 0 Å². The molecule has 2 rings (SSSR count). The van der Waals surface area contributed by atoms with E-state index in [4.69, 9.17) is 0 Å². The first-order valence-electron chi connectivity index (χ1n) is 7.27. The van der Waals surface area contributed by atoms with Crippen LogP contribution < -0.4 is 5.32 Å². The molecule has 0 aromatic carbocycles. The van der Waals surface area contributed by atoms with Crippen LogP contribution in [0, 0.1) is 5.92 Å². The third-order valence-corrected chi connectivity index (χ3v) is 4.45. The van der Waals surface area contributed by atoms with Gasteiger partial charge in [-0.05, 0) is 58.0 Å². The second-order valence-electron chi connectivity index (χ2n) is 5.80. The maximum Gasteiger partial charge on any atom is 0.00927 e. The fraction of sp³-hybridized carbons (Fsp3) is 1.00. The van der Waals surface area contributed by atoms with Crippen LogP contribution in [-0.4, -0.2) is 36.6 Å². The molecule has 0 aromatic heterocycles. The molecule has 2 fully saturated rings. The summed E-state index contributed by atoms with van der Waals surface area (Å²) in [5, 5.41) is 3.56. The SMILES string of the molecule is CCC1CCCCN1CC1CCNC(C)C1. The van der Waals surface area contributed by atoms with E-state index in [0.29, 0.717) is 0 Å². The predicted octanol–water partition coefficient (Wildman–Crippen LogP) is 2.64. The van der Waals surface area contributed by atoms with Gasteiger partial charge in [0, 0.05) is 18.6 Å². The molecule has 2 aliphatic heterocycles. The van der Waals surface area contributed by atoms with Gasteiger partial charge in [-0.2, -0.15) is 0 Å². The lowest BCUT2D eigenvalue weighted by atomic mass is 9.90. The van der Waals surface area contributed by atoms with E-state index >= 15 is 0 Å². The minimum atomic E-state index is 0.739. The second kappa shape index (κ2) is 6.02. The Morgan fingerprint density at radius 3 is 2.88 bits per heavy atom. The molecule has 3 atom stereocenters. The van der Waals surface area contributed by atoms with Gasteiger partial charge in [-0.3, -0.25) is 0 Å². The average Bonchev–Trinajstić information content (AvgIpc) is 2.30. The van der Waals surface area contributed by atoms with E-state index in [-0.39, 0.29) is 0 Å². The molecule has 0 amide bonds. The number of likely N-dealkylation sites (tertiary alicyclic amines) is 1. The molecule has 2 heterocycles. The van der Waals surface area contributed by atoms with Crippen molar-refractivity contribution in [3.8, 4) is 0 Å². The zero-order valence-corrected chi connectivity index (χ0v) is 11.0. The minimum absolute atomic E-state index is 0.739. The highest BCUT2D eigenvalue weighted by molar-refractivity contribution is 4.82. The van der Waals surface area contributed by atoms with Crippen LogP contribution in [0.25, 0.3) is 0 Å². The molecule has 0 radical (unpaired) electrons. The van der Waals surface area contributed by atoms with Crippen LogP contribution in [0.2, 0.25) is 0 Å². The molecule has 2 aliphatic rings. The summed E-state index contributed by atoms with van der Waals surface area (Å²) in [5.74, 6) is 0.948. The van der Waals surface area contributed by atoms with Crippen molar-refractivity contribution in [3.63, 3.8) is 0 Å². The normalized spacial score (nSPS) is 37.5.